The average Bonchev–Trinajstić information content (AvgIpc) is 2.31. The quantitative estimate of drug-likeness (QED) is 0.697. The Balaban J connectivity index is 2.20. The molecule has 0 unspecified atom stereocenters. The first-order chi connectivity index (χ1) is 8.46. The maximum atomic E-state index is 13.7. The summed E-state index contributed by atoms with van der Waals surface area (Å²) in [6, 6.07) is 3.24. The largest absolute Gasteiger partial charge is 0.573 e. The summed E-state index contributed by atoms with van der Waals surface area (Å²) in [4.78, 5) is 0. The molecule has 0 spiro atoms. The van der Waals surface area contributed by atoms with E-state index in [0.717, 1.165) is 44.2 Å². The van der Waals surface area contributed by atoms with Crippen molar-refractivity contribution in [2.45, 2.75) is 44.4 Å². The summed E-state index contributed by atoms with van der Waals surface area (Å²) in [5, 5.41) is 0. The summed E-state index contributed by atoms with van der Waals surface area (Å²) in [6.45, 7) is 0. The Morgan fingerprint density at radius 3 is 2.33 bits per heavy atom. The van der Waals surface area contributed by atoms with Gasteiger partial charge in [-0.15, -0.1) is 13.2 Å². The van der Waals surface area contributed by atoms with Crippen LogP contribution in [0.1, 0.15) is 43.6 Å². The molecule has 0 radical (unpaired) electrons. The first-order valence-electron chi connectivity index (χ1n) is 6.01. The fourth-order valence-electron chi connectivity index (χ4n) is 2.45. The predicted molar refractivity (Wildman–Crippen MR) is 58.9 cm³/mol. The highest BCUT2D eigenvalue weighted by Gasteiger charge is 2.31. The van der Waals surface area contributed by atoms with Crippen molar-refractivity contribution >= 4 is 0 Å². The molecule has 1 saturated carbocycles. The summed E-state index contributed by atoms with van der Waals surface area (Å²) in [6.07, 6.45) is 0.0141. The Hall–Kier alpha value is -1.26. The number of benzene rings is 1. The molecular formula is C13H14F4O. The van der Waals surface area contributed by atoms with Crippen molar-refractivity contribution in [2.24, 2.45) is 0 Å². The van der Waals surface area contributed by atoms with Crippen LogP contribution < -0.4 is 4.74 Å². The zero-order valence-corrected chi connectivity index (χ0v) is 9.77. The van der Waals surface area contributed by atoms with E-state index in [0.29, 0.717) is 5.56 Å². The van der Waals surface area contributed by atoms with Gasteiger partial charge in [0.1, 0.15) is 11.6 Å². The highest BCUT2D eigenvalue weighted by atomic mass is 19.4. The van der Waals surface area contributed by atoms with Crippen molar-refractivity contribution in [2.75, 3.05) is 0 Å². The fraction of sp³-hybridized carbons (Fsp3) is 0.538. The summed E-state index contributed by atoms with van der Waals surface area (Å²) in [7, 11) is 0. The summed E-state index contributed by atoms with van der Waals surface area (Å²) in [5.41, 5.74) is 0.344. The van der Waals surface area contributed by atoms with E-state index in [1.54, 1.807) is 0 Å². The molecule has 1 aliphatic carbocycles. The smallest absolute Gasteiger partial charge is 0.406 e. The maximum Gasteiger partial charge on any atom is 0.573 e. The molecule has 0 aliphatic heterocycles. The minimum atomic E-state index is -4.73. The van der Waals surface area contributed by atoms with Crippen molar-refractivity contribution in [1.29, 1.82) is 0 Å². The molecule has 2 rings (SSSR count). The van der Waals surface area contributed by atoms with Crippen molar-refractivity contribution < 1.29 is 22.3 Å². The lowest BCUT2D eigenvalue weighted by atomic mass is 9.84. The van der Waals surface area contributed by atoms with E-state index in [-0.39, 0.29) is 11.7 Å². The van der Waals surface area contributed by atoms with Gasteiger partial charge in [-0.05, 0) is 42.5 Å². The predicted octanol–water partition coefficient (Wildman–Crippen LogP) is 4.77. The SMILES string of the molecule is Fc1ccc(OC(F)(F)F)cc1C1CCCCC1. The molecule has 0 N–H and O–H groups in total. The molecule has 0 atom stereocenters. The van der Waals surface area contributed by atoms with Gasteiger partial charge in [-0.1, -0.05) is 19.3 Å². The van der Waals surface area contributed by atoms with Gasteiger partial charge in [0.15, 0.2) is 0 Å². The van der Waals surface area contributed by atoms with Crippen LogP contribution in [0.25, 0.3) is 0 Å². The van der Waals surface area contributed by atoms with Gasteiger partial charge < -0.3 is 4.74 Å². The lowest BCUT2D eigenvalue weighted by Crippen LogP contribution is -2.17. The minimum absolute atomic E-state index is 0.00975. The van der Waals surface area contributed by atoms with E-state index >= 15 is 0 Å². The van der Waals surface area contributed by atoms with Crippen molar-refractivity contribution in [1.82, 2.24) is 0 Å². The monoisotopic (exact) mass is 262 g/mol. The van der Waals surface area contributed by atoms with Crippen LogP contribution in [0.4, 0.5) is 17.6 Å². The van der Waals surface area contributed by atoms with E-state index in [9.17, 15) is 17.6 Å². The number of hydrogen-bond donors (Lipinski definition) is 0. The molecule has 1 aromatic carbocycles. The summed E-state index contributed by atoms with van der Waals surface area (Å²) >= 11 is 0. The van der Waals surface area contributed by atoms with Crippen LogP contribution in [0.2, 0.25) is 0 Å². The van der Waals surface area contributed by atoms with Crippen molar-refractivity contribution in [3.63, 3.8) is 0 Å². The highest BCUT2D eigenvalue weighted by molar-refractivity contribution is 5.32. The van der Waals surface area contributed by atoms with E-state index < -0.39 is 12.2 Å². The molecule has 5 heteroatoms. The molecule has 0 bridgehead atoms. The van der Waals surface area contributed by atoms with Gasteiger partial charge in [0, 0.05) is 0 Å². The molecule has 100 valence electrons. The van der Waals surface area contributed by atoms with Gasteiger partial charge in [0.2, 0.25) is 0 Å². The molecule has 1 fully saturated rings. The van der Waals surface area contributed by atoms with E-state index in [2.05, 4.69) is 4.74 Å². The maximum absolute atomic E-state index is 13.7. The number of ether oxygens (including phenoxy) is 1. The molecule has 1 aromatic rings. The Kier molecular flexibility index (Phi) is 3.78. The molecular weight excluding hydrogens is 248 g/mol. The van der Waals surface area contributed by atoms with Crippen LogP contribution in [-0.4, -0.2) is 6.36 Å². The Labute approximate surface area is 103 Å². The lowest BCUT2D eigenvalue weighted by Gasteiger charge is -2.23. The Morgan fingerprint density at radius 1 is 1.06 bits per heavy atom. The molecule has 1 nitrogen and oxygen atoms in total. The van der Waals surface area contributed by atoms with Gasteiger partial charge in [0.05, 0.1) is 0 Å². The van der Waals surface area contributed by atoms with Crippen LogP contribution >= 0.6 is 0 Å². The summed E-state index contributed by atoms with van der Waals surface area (Å²) < 4.78 is 53.8. The van der Waals surface area contributed by atoms with E-state index in [1.807, 2.05) is 0 Å². The Bertz CT molecular complexity index is 408. The molecule has 18 heavy (non-hydrogen) atoms. The fourth-order valence-corrected chi connectivity index (χ4v) is 2.45. The zero-order chi connectivity index (χ0) is 13.2. The third-order valence-electron chi connectivity index (χ3n) is 3.25. The zero-order valence-electron chi connectivity index (χ0n) is 9.77. The second-order valence-corrected chi connectivity index (χ2v) is 4.57. The third-order valence-corrected chi connectivity index (χ3v) is 3.25. The second kappa shape index (κ2) is 5.16. The van der Waals surface area contributed by atoms with Crippen LogP contribution in [0, 0.1) is 5.82 Å². The molecule has 0 amide bonds. The number of rotatable bonds is 2. The number of hydrogen-bond acceptors (Lipinski definition) is 1. The van der Waals surface area contributed by atoms with E-state index in [4.69, 9.17) is 0 Å². The number of alkyl halides is 3. The lowest BCUT2D eigenvalue weighted by molar-refractivity contribution is -0.274. The topological polar surface area (TPSA) is 9.23 Å². The second-order valence-electron chi connectivity index (χ2n) is 4.57. The molecule has 1 aliphatic rings. The highest BCUT2D eigenvalue weighted by Crippen LogP contribution is 2.36. The van der Waals surface area contributed by atoms with E-state index in [1.165, 1.54) is 6.07 Å². The molecule has 0 heterocycles. The normalized spacial score (nSPS) is 17.8. The third kappa shape index (κ3) is 3.37. The van der Waals surface area contributed by atoms with Gasteiger partial charge in [-0.3, -0.25) is 0 Å². The molecule has 0 aromatic heterocycles. The van der Waals surface area contributed by atoms with Crippen LogP contribution in [-0.2, 0) is 0 Å². The van der Waals surface area contributed by atoms with Crippen LogP contribution in [0.15, 0.2) is 18.2 Å². The first-order valence-corrected chi connectivity index (χ1v) is 6.01. The van der Waals surface area contributed by atoms with Crippen LogP contribution in [0.3, 0.4) is 0 Å². The van der Waals surface area contributed by atoms with Crippen molar-refractivity contribution in [3.05, 3.63) is 29.6 Å². The standard InChI is InChI=1S/C13H14F4O/c14-12-7-6-10(18-13(15,16)17)8-11(12)9-4-2-1-3-5-9/h6-9H,1-5H2. The van der Waals surface area contributed by atoms with Gasteiger partial charge in [0.25, 0.3) is 0 Å². The minimum Gasteiger partial charge on any atom is -0.406 e. The van der Waals surface area contributed by atoms with Crippen molar-refractivity contribution in [3.8, 4) is 5.75 Å². The molecule has 0 saturated heterocycles. The average molecular weight is 262 g/mol. The number of halogens is 4. The first kappa shape index (κ1) is 13.2. The van der Waals surface area contributed by atoms with Crippen LogP contribution in [0.5, 0.6) is 5.75 Å². The van der Waals surface area contributed by atoms with Gasteiger partial charge in [-0.25, -0.2) is 4.39 Å². The summed E-state index contributed by atoms with van der Waals surface area (Å²) in [5.74, 6) is -0.781. The Morgan fingerprint density at radius 2 is 1.72 bits per heavy atom. The van der Waals surface area contributed by atoms with Gasteiger partial charge >= 0.3 is 6.36 Å². The van der Waals surface area contributed by atoms with Gasteiger partial charge in [-0.2, -0.15) is 0 Å².